The van der Waals surface area contributed by atoms with Gasteiger partial charge in [-0.2, -0.15) is 0 Å². The predicted octanol–water partition coefficient (Wildman–Crippen LogP) is 2.44. The van der Waals surface area contributed by atoms with Crippen molar-refractivity contribution in [2.24, 2.45) is 0 Å². The SMILES string of the molecule is Cc1ncc(CNC(C)C)n1Cc1cccc(O)c1. The van der Waals surface area contributed by atoms with Gasteiger partial charge in [-0.25, -0.2) is 4.98 Å². The summed E-state index contributed by atoms with van der Waals surface area (Å²) in [6.45, 7) is 7.79. The van der Waals surface area contributed by atoms with Gasteiger partial charge in [-0.3, -0.25) is 0 Å². The number of benzene rings is 1. The van der Waals surface area contributed by atoms with Crippen molar-refractivity contribution >= 4 is 0 Å². The van der Waals surface area contributed by atoms with E-state index in [-0.39, 0.29) is 0 Å². The smallest absolute Gasteiger partial charge is 0.115 e. The third-order valence-corrected chi connectivity index (χ3v) is 3.08. The number of imidazole rings is 1. The summed E-state index contributed by atoms with van der Waals surface area (Å²) >= 11 is 0. The van der Waals surface area contributed by atoms with Crippen LogP contribution in [0.5, 0.6) is 5.75 Å². The lowest BCUT2D eigenvalue weighted by Crippen LogP contribution is -2.23. The van der Waals surface area contributed by atoms with Crippen LogP contribution in [0.4, 0.5) is 0 Å². The van der Waals surface area contributed by atoms with Gasteiger partial charge < -0.3 is 15.0 Å². The zero-order valence-electron chi connectivity index (χ0n) is 11.7. The fraction of sp³-hybridized carbons (Fsp3) is 0.400. The molecular weight excluding hydrogens is 238 g/mol. The molecule has 2 rings (SSSR count). The Morgan fingerprint density at radius 1 is 1.37 bits per heavy atom. The normalized spacial score (nSPS) is 11.2. The highest BCUT2D eigenvalue weighted by Crippen LogP contribution is 2.14. The Bertz CT molecular complexity index is 546. The molecule has 0 aliphatic heterocycles. The molecule has 1 aromatic heterocycles. The predicted molar refractivity (Wildman–Crippen MR) is 76.1 cm³/mol. The first-order chi connectivity index (χ1) is 9.06. The Morgan fingerprint density at radius 3 is 2.84 bits per heavy atom. The third kappa shape index (κ3) is 3.58. The number of nitrogens with one attached hydrogen (secondary N) is 1. The van der Waals surface area contributed by atoms with Crippen LogP contribution in [0.3, 0.4) is 0 Å². The average Bonchev–Trinajstić information content (AvgIpc) is 2.68. The van der Waals surface area contributed by atoms with E-state index in [2.05, 4.69) is 28.7 Å². The Balaban J connectivity index is 2.17. The number of aromatic nitrogens is 2. The highest BCUT2D eigenvalue weighted by atomic mass is 16.3. The van der Waals surface area contributed by atoms with Gasteiger partial charge in [0.25, 0.3) is 0 Å². The highest BCUT2D eigenvalue weighted by Gasteiger charge is 2.08. The minimum atomic E-state index is 0.303. The Morgan fingerprint density at radius 2 is 2.16 bits per heavy atom. The molecule has 4 heteroatoms. The first-order valence-electron chi connectivity index (χ1n) is 6.58. The maximum atomic E-state index is 9.52. The molecule has 2 N–H and O–H groups in total. The quantitative estimate of drug-likeness (QED) is 0.867. The van der Waals surface area contributed by atoms with E-state index < -0.39 is 0 Å². The van der Waals surface area contributed by atoms with Crippen LogP contribution >= 0.6 is 0 Å². The Kier molecular flexibility index (Phi) is 4.22. The van der Waals surface area contributed by atoms with Gasteiger partial charge in [-0.1, -0.05) is 26.0 Å². The van der Waals surface area contributed by atoms with Crippen LogP contribution in [0, 0.1) is 6.92 Å². The molecule has 0 aliphatic carbocycles. The summed E-state index contributed by atoms with van der Waals surface area (Å²) in [6.07, 6.45) is 1.91. The molecule has 4 nitrogen and oxygen atoms in total. The van der Waals surface area contributed by atoms with Crippen molar-refractivity contribution in [3.05, 3.63) is 47.5 Å². The van der Waals surface area contributed by atoms with Gasteiger partial charge in [0.1, 0.15) is 11.6 Å². The second-order valence-corrected chi connectivity index (χ2v) is 5.09. The third-order valence-electron chi connectivity index (χ3n) is 3.08. The van der Waals surface area contributed by atoms with Crippen molar-refractivity contribution in [2.45, 2.75) is 39.9 Å². The molecule has 0 fully saturated rings. The lowest BCUT2D eigenvalue weighted by molar-refractivity contribution is 0.474. The van der Waals surface area contributed by atoms with Crippen molar-refractivity contribution in [1.29, 1.82) is 0 Å². The molecule has 1 aromatic carbocycles. The molecule has 2 aromatic rings. The van der Waals surface area contributed by atoms with E-state index in [1.54, 1.807) is 12.1 Å². The number of nitrogens with zero attached hydrogens (tertiary/aromatic N) is 2. The summed E-state index contributed by atoms with van der Waals surface area (Å²) in [4.78, 5) is 4.37. The molecule has 0 radical (unpaired) electrons. The van der Waals surface area contributed by atoms with Crippen molar-refractivity contribution < 1.29 is 5.11 Å². The molecule has 0 saturated carbocycles. The van der Waals surface area contributed by atoms with Gasteiger partial charge in [-0.05, 0) is 24.6 Å². The van der Waals surface area contributed by atoms with E-state index in [9.17, 15) is 5.11 Å². The molecular formula is C15H21N3O. The molecule has 0 spiro atoms. The van der Waals surface area contributed by atoms with Crippen molar-refractivity contribution in [3.8, 4) is 5.75 Å². The number of rotatable bonds is 5. The van der Waals surface area contributed by atoms with E-state index in [1.165, 1.54) is 0 Å². The summed E-state index contributed by atoms with van der Waals surface area (Å²) in [5.41, 5.74) is 2.24. The summed E-state index contributed by atoms with van der Waals surface area (Å²) < 4.78 is 2.17. The number of aryl methyl sites for hydroxylation is 1. The van der Waals surface area contributed by atoms with Gasteiger partial charge >= 0.3 is 0 Å². The largest absolute Gasteiger partial charge is 0.508 e. The fourth-order valence-corrected chi connectivity index (χ4v) is 2.02. The maximum Gasteiger partial charge on any atom is 0.115 e. The Labute approximate surface area is 114 Å². The monoisotopic (exact) mass is 259 g/mol. The number of phenols is 1. The molecule has 0 bridgehead atoms. The van der Waals surface area contributed by atoms with Gasteiger partial charge in [-0.15, -0.1) is 0 Å². The first-order valence-corrected chi connectivity index (χ1v) is 6.58. The molecule has 1 heterocycles. The van der Waals surface area contributed by atoms with Crippen LogP contribution in [0.2, 0.25) is 0 Å². The molecule has 0 saturated heterocycles. The van der Waals surface area contributed by atoms with E-state index >= 15 is 0 Å². The van der Waals surface area contributed by atoms with Crippen molar-refractivity contribution in [1.82, 2.24) is 14.9 Å². The Hall–Kier alpha value is -1.81. The highest BCUT2D eigenvalue weighted by molar-refractivity contribution is 5.27. The van der Waals surface area contributed by atoms with E-state index in [1.807, 2.05) is 25.3 Å². The number of aromatic hydroxyl groups is 1. The van der Waals surface area contributed by atoms with E-state index in [0.717, 1.165) is 30.2 Å². The van der Waals surface area contributed by atoms with Crippen molar-refractivity contribution in [3.63, 3.8) is 0 Å². The van der Waals surface area contributed by atoms with Gasteiger partial charge in [0.05, 0.1) is 5.69 Å². The first kappa shape index (κ1) is 13.6. The summed E-state index contributed by atoms with van der Waals surface area (Å²) in [6, 6.07) is 7.80. The minimum absolute atomic E-state index is 0.303. The fourth-order valence-electron chi connectivity index (χ4n) is 2.02. The lowest BCUT2D eigenvalue weighted by Gasteiger charge is -2.13. The van der Waals surface area contributed by atoms with Gasteiger partial charge in [0, 0.05) is 25.3 Å². The maximum absolute atomic E-state index is 9.52. The van der Waals surface area contributed by atoms with Crippen LogP contribution in [0.25, 0.3) is 0 Å². The van der Waals surface area contributed by atoms with E-state index in [0.29, 0.717) is 11.8 Å². The number of hydrogen-bond donors (Lipinski definition) is 2. The van der Waals surface area contributed by atoms with Crippen LogP contribution in [-0.2, 0) is 13.1 Å². The van der Waals surface area contributed by atoms with Crippen LogP contribution < -0.4 is 5.32 Å². The topological polar surface area (TPSA) is 50.1 Å². The van der Waals surface area contributed by atoms with Crippen molar-refractivity contribution in [2.75, 3.05) is 0 Å². The standard InChI is InChI=1S/C15H21N3O/c1-11(2)16-8-14-9-17-12(3)18(14)10-13-5-4-6-15(19)7-13/h4-7,9,11,16,19H,8,10H2,1-3H3. The van der Waals surface area contributed by atoms with Crippen LogP contribution in [-0.4, -0.2) is 20.7 Å². The number of hydrogen-bond acceptors (Lipinski definition) is 3. The van der Waals surface area contributed by atoms with Gasteiger partial charge in [0.2, 0.25) is 0 Å². The summed E-state index contributed by atoms with van der Waals surface area (Å²) in [5.74, 6) is 1.29. The molecule has 0 unspecified atom stereocenters. The lowest BCUT2D eigenvalue weighted by atomic mass is 10.2. The molecule has 0 amide bonds. The molecule has 19 heavy (non-hydrogen) atoms. The second-order valence-electron chi connectivity index (χ2n) is 5.09. The average molecular weight is 259 g/mol. The number of phenolic OH excluding ortho intramolecular Hbond substituents is 1. The minimum Gasteiger partial charge on any atom is -0.508 e. The molecule has 102 valence electrons. The molecule has 0 atom stereocenters. The zero-order chi connectivity index (χ0) is 13.8. The van der Waals surface area contributed by atoms with Crippen LogP contribution in [0.1, 0.15) is 30.9 Å². The second kappa shape index (κ2) is 5.89. The molecule has 0 aliphatic rings. The zero-order valence-corrected chi connectivity index (χ0v) is 11.7. The van der Waals surface area contributed by atoms with Crippen LogP contribution in [0.15, 0.2) is 30.5 Å². The summed E-state index contributed by atoms with van der Waals surface area (Å²) in [7, 11) is 0. The summed E-state index contributed by atoms with van der Waals surface area (Å²) in [5, 5.41) is 12.9. The van der Waals surface area contributed by atoms with Gasteiger partial charge in [0.15, 0.2) is 0 Å². The van der Waals surface area contributed by atoms with E-state index in [4.69, 9.17) is 0 Å².